The van der Waals surface area contributed by atoms with Gasteiger partial charge in [-0.2, -0.15) is 0 Å². The van der Waals surface area contributed by atoms with Gasteiger partial charge in [-0.1, -0.05) is 51.5 Å². The summed E-state index contributed by atoms with van der Waals surface area (Å²) in [6.45, 7) is 12.2. The van der Waals surface area contributed by atoms with Crippen molar-refractivity contribution in [2.45, 2.75) is 72.1 Å². The number of aryl methyl sites for hydroxylation is 1. The van der Waals surface area contributed by atoms with Gasteiger partial charge in [0.25, 0.3) is 0 Å². The van der Waals surface area contributed by atoms with Crippen LogP contribution >= 0.6 is 0 Å². The quantitative estimate of drug-likeness (QED) is 0.583. The molecule has 0 aliphatic heterocycles. The van der Waals surface area contributed by atoms with E-state index in [9.17, 15) is 0 Å². The molecule has 2 aliphatic rings. The molecule has 4 unspecified atom stereocenters. The van der Waals surface area contributed by atoms with Crippen molar-refractivity contribution >= 4 is 0 Å². The van der Waals surface area contributed by atoms with Crippen molar-refractivity contribution in [3.8, 4) is 0 Å². The smallest absolute Gasteiger partial charge is 0.0102 e. The predicted octanol–water partition coefficient (Wildman–Crippen LogP) is 6.05. The Morgan fingerprint density at radius 1 is 1.10 bits per heavy atom. The normalized spacial score (nSPS) is 36.6. The average molecular weight is 270 g/mol. The summed E-state index contributed by atoms with van der Waals surface area (Å²) in [5.74, 6) is 3.27. The van der Waals surface area contributed by atoms with Crippen molar-refractivity contribution in [2.75, 3.05) is 0 Å². The van der Waals surface area contributed by atoms with Gasteiger partial charge in [0, 0.05) is 0 Å². The number of hydrogen-bond acceptors (Lipinski definition) is 0. The lowest BCUT2D eigenvalue weighted by Gasteiger charge is -2.38. The number of benzene rings is 1. The fraction of sp³-hybridized carbons (Fsp3) is 0.700. The molecule has 4 atom stereocenters. The summed E-state index contributed by atoms with van der Waals surface area (Å²) in [5.41, 5.74) is 5.31. The van der Waals surface area contributed by atoms with Gasteiger partial charge in [0.1, 0.15) is 0 Å². The molecule has 3 rings (SSSR count). The van der Waals surface area contributed by atoms with Crippen LogP contribution in [0.15, 0.2) is 18.2 Å². The third-order valence-corrected chi connectivity index (χ3v) is 6.48. The second-order valence-corrected chi connectivity index (χ2v) is 8.06. The Hall–Kier alpha value is -0.780. The molecule has 0 heterocycles. The zero-order chi connectivity index (χ0) is 14.5. The standard InChI is InChI=1S/C20H30/c1-13(2)18-8-9-19-17-12-14(3)6-7-16(17)15(4)10-11-20(18,19)5/h6-7,12-13,15,18-19H,8-11H2,1-5H3. The van der Waals surface area contributed by atoms with E-state index in [-0.39, 0.29) is 0 Å². The summed E-state index contributed by atoms with van der Waals surface area (Å²) < 4.78 is 0. The minimum atomic E-state index is 0.529. The lowest BCUT2D eigenvalue weighted by molar-refractivity contribution is 0.139. The SMILES string of the molecule is Cc1ccc2c(c1)C1CCC(C(C)C)C1(C)CCC2C. The predicted molar refractivity (Wildman–Crippen MR) is 87.2 cm³/mol. The highest BCUT2D eigenvalue weighted by atomic mass is 14.5. The van der Waals surface area contributed by atoms with E-state index in [4.69, 9.17) is 0 Å². The summed E-state index contributed by atoms with van der Waals surface area (Å²) >= 11 is 0. The lowest BCUT2D eigenvalue weighted by atomic mass is 9.66. The fourth-order valence-corrected chi connectivity index (χ4v) is 5.36. The Kier molecular flexibility index (Phi) is 3.47. The third kappa shape index (κ3) is 2.03. The van der Waals surface area contributed by atoms with Gasteiger partial charge in [-0.15, -0.1) is 0 Å². The Morgan fingerprint density at radius 2 is 1.85 bits per heavy atom. The van der Waals surface area contributed by atoms with Gasteiger partial charge in [-0.25, -0.2) is 0 Å². The number of fused-ring (bicyclic) bond motifs is 3. The van der Waals surface area contributed by atoms with E-state index in [1.54, 1.807) is 11.1 Å². The molecule has 20 heavy (non-hydrogen) atoms. The van der Waals surface area contributed by atoms with Crippen LogP contribution in [0.2, 0.25) is 0 Å². The highest BCUT2D eigenvalue weighted by Crippen LogP contribution is 2.60. The van der Waals surface area contributed by atoms with Gasteiger partial charge >= 0.3 is 0 Å². The van der Waals surface area contributed by atoms with Crippen molar-refractivity contribution in [1.82, 2.24) is 0 Å². The maximum atomic E-state index is 2.60. The van der Waals surface area contributed by atoms with Crippen molar-refractivity contribution in [1.29, 1.82) is 0 Å². The zero-order valence-corrected chi connectivity index (χ0v) is 13.9. The number of rotatable bonds is 1. The molecule has 0 nitrogen and oxygen atoms in total. The van der Waals surface area contributed by atoms with Crippen molar-refractivity contribution in [2.24, 2.45) is 17.3 Å². The van der Waals surface area contributed by atoms with Gasteiger partial charge in [0.2, 0.25) is 0 Å². The highest BCUT2D eigenvalue weighted by Gasteiger charge is 2.49. The molecule has 0 N–H and O–H groups in total. The molecule has 2 aliphatic carbocycles. The van der Waals surface area contributed by atoms with Crippen molar-refractivity contribution in [3.63, 3.8) is 0 Å². The first-order chi connectivity index (χ1) is 9.43. The molecule has 110 valence electrons. The number of hydrogen-bond donors (Lipinski definition) is 0. The van der Waals surface area contributed by atoms with Crippen molar-refractivity contribution in [3.05, 3.63) is 34.9 Å². The molecule has 1 aromatic rings. The van der Waals surface area contributed by atoms with Gasteiger partial charge in [-0.05, 0) is 72.8 Å². The lowest BCUT2D eigenvalue weighted by Crippen LogP contribution is -2.30. The minimum Gasteiger partial charge on any atom is -0.0625 e. The Bertz CT molecular complexity index is 499. The van der Waals surface area contributed by atoms with E-state index in [1.807, 2.05) is 0 Å². The molecule has 1 fully saturated rings. The first-order valence-corrected chi connectivity index (χ1v) is 8.54. The molecular weight excluding hydrogens is 240 g/mol. The van der Waals surface area contributed by atoms with Gasteiger partial charge in [-0.3, -0.25) is 0 Å². The van der Waals surface area contributed by atoms with Crippen LogP contribution in [0, 0.1) is 24.2 Å². The van der Waals surface area contributed by atoms with Crippen molar-refractivity contribution < 1.29 is 0 Å². The first-order valence-electron chi connectivity index (χ1n) is 8.54. The average Bonchev–Trinajstić information content (AvgIpc) is 2.69. The van der Waals surface area contributed by atoms with Crippen LogP contribution in [0.5, 0.6) is 0 Å². The molecule has 0 saturated heterocycles. The molecule has 0 radical (unpaired) electrons. The second-order valence-electron chi connectivity index (χ2n) is 8.06. The maximum absolute atomic E-state index is 2.60. The highest BCUT2D eigenvalue weighted by molar-refractivity contribution is 5.39. The largest absolute Gasteiger partial charge is 0.0625 e. The van der Waals surface area contributed by atoms with E-state index in [0.29, 0.717) is 5.41 Å². The van der Waals surface area contributed by atoms with Crippen LogP contribution in [-0.2, 0) is 0 Å². The summed E-state index contributed by atoms with van der Waals surface area (Å²) in [6, 6.07) is 7.24. The van der Waals surface area contributed by atoms with Crippen LogP contribution in [0.3, 0.4) is 0 Å². The van der Waals surface area contributed by atoms with Gasteiger partial charge in [0.05, 0.1) is 0 Å². The maximum Gasteiger partial charge on any atom is -0.0102 e. The van der Waals surface area contributed by atoms with E-state index in [1.165, 1.54) is 31.2 Å². The van der Waals surface area contributed by atoms with Crippen LogP contribution in [-0.4, -0.2) is 0 Å². The molecule has 1 aromatic carbocycles. The van der Waals surface area contributed by atoms with Crippen LogP contribution < -0.4 is 0 Å². The summed E-state index contributed by atoms with van der Waals surface area (Å²) in [7, 11) is 0. The summed E-state index contributed by atoms with van der Waals surface area (Å²) in [5, 5.41) is 0. The monoisotopic (exact) mass is 270 g/mol. The van der Waals surface area contributed by atoms with Gasteiger partial charge in [0.15, 0.2) is 0 Å². The third-order valence-electron chi connectivity index (χ3n) is 6.48. The summed E-state index contributed by atoms with van der Waals surface area (Å²) in [6.07, 6.45) is 5.62. The second kappa shape index (κ2) is 4.90. The topological polar surface area (TPSA) is 0 Å². The summed E-state index contributed by atoms with van der Waals surface area (Å²) in [4.78, 5) is 0. The van der Waals surface area contributed by atoms with E-state index >= 15 is 0 Å². The molecule has 1 saturated carbocycles. The molecule has 0 aromatic heterocycles. The van der Waals surface area contributed by atoms with E-state index in [0.717, 1.165) is 23.7 Å². The first kappa shape index (κ1) is 14.2. The molecular formula is C20H30. The molecule has 0 spiro atoms. The van der Waals surface area contributed by atoms with Crippen LogP contribution in [0.4, 0.5) is 0 Å². The molecule has 0 bridgehead atoms. The van der Waals surface area contributed by atoms with E-state index < -0.39 is 0 Å². The Labute approximate surface area is 125 Å². The zero-order valence-electron chi connectivity index (χ0n) is 13.9. The van der Waals surface area contributed by atoms with Crippen LogP contribution in [0.25, 0.3) is 0 Å². The Balaban J connectivity index is 2.10. The Morgan fingerprint density at radius 3 is 2.55 bits per heavy atom. The molecule has 0 amide bonds. The molecule has 0 heteroatoms. The van der Waals surface area contributed by atoms with E-state index in [2.05, 4.69) is 52.8 Å². The fourth-order valence-electron chi connectivity index (χ4n) is 5.36. The van der Waals surface area contributed by atoms with Gasteiger partial charge < -0.3 is 0 Å². The van der Waals surface area contributed by atoms with Crippen LogP contribution in [0.1, 0.15) is 81.9 Å². The minimum absolute atomic E-state index is 0.529.